The molecule has 3 N–H and O–H groups in total. The molecule has 0 spiro atoms. The minimum atomic E-state index is -0.383. The Balaban J connectivity index is 2.26. The van der Waals surface area contributed by atoms with E-state index in [9.17, 15) is 4.39 Å². The lowest BCUT2D eigenvalue weighted by atomic mass is 9.98. The molecule has 6 heteroatoms. The molecule has 1 heterocycles. The van der Waals surface area contributed by atoms with Crippen LogP contribution in [0.25, 0.3) is 0 Å². The van der Waals surface area contributed by atoms with E-state index in [1.165, 1.54) is 13.2 Å². The number of rotatable bonds is 5. The van der Waals surface area contributed by atoms with Gasteiger partial charge in [-0.05, 0) is 49.6 Å². The van der Waals surface area contributed by atoms with E-state index >= 15 is 0 Å². The number of halogens is 1. The van der Waals surface area contributed by atoms with E-state index in [4.69, 9.17) is 10.6 Å². The highest BCUT2D eigenvalue weighted by Crippen LogP contribution is 2.23. The van der Waals surface area contributed by atoms with E-state index in [1.54, 1.807) is 6.07 Å². The third kappa shape index (κ3) is 3.53. The Bertz CT molecular complexity index is 633. The van der Waals surface area contributed by atoms with Gasteiger partial charge < -0.3 is 4.74 Å². The van der Waals surface area contributed by atoms with E-state index in [2.05, 4.69) is 15.6 Å². The molecule has 0 amide bonds. The van der Waals surface area contributed by atoms with Crippen LogP contribution in [0.2, 0.25) is 0 Å². The molecular weight excluding hydrogens is 271 g/mol. The quantitative estimate of drug-likeness (QED) is 0.651. The lowest BCUT2D eigenvalue weighted by Crippen LogP contribution is -2.30. The van der Waals surface area contributed by atoms with Gasteiger partial charge in [0.15, 0.2) is 11.6 Å². The monoisotopic (exact) mass is 290 g/mol. The van der Waals surface area contributed by atoms with Crippen LogP contribution in [0, 0.1) is 19.7 Å². The van der Waals surface area contributed by atoms with Crippen LogP contribution in [0.1, 0.15) is 28.6 Å². The molecule has 0 bridgehead atoms. The number of hydrazine groups is 1. The molecule has 2 rings (SSSR count). The third-order valence-electron chi connectivity index (χ3n) is 3.37. The lowest BCUT2D eigenvalue weighted by molar-refractivity contribution is 0.386. The molecular formula is C15H19FN4O. The lowest BCUT2D eigenvalue weighted by Gasteiger charge is -2.18. The number of nitrogens with two attached hydrogens (primary N) is 1. The van der Waals surface area contributed by atoms with Gasteiger partial charge in [0, 0.05) is 0 Å². The van der Waals surface area contributed by atoms with Crippen molar-refractivity contribution < 1.29 is 9.13 Å². The van der Waals surface area contributed by atoms with Gasteiger partial charge in [-0.15, -0.1) is 0 Å². The SMILES string of the molecule is COc1ccc(CC(NN)c2cc(C)nnc2C)cc1F. The Morgan fingerprint density at radius 2 is 2.05 bits per heavy atom. The fraction of sp³-hybridized carbons (Fsp3) is 0.333. The molecule has 2 aromatic rings. The van der Waals surface area contributed by atoms with Crippen LogP contribution in [0.3, 0.4) is 0 Å². The van der Waals surface area contributed by atoms with Crippen molar-refractivity contribution in [3.63, 3.8) is 0 Å². The standard InChI is InChI=1S/C15H19FN4O/c1-9-6-12(10(2)20-19-9)14(18-17)8-11-4-5-15(21-3)13(16)7-11/h4-7,14,18H,8,17H2,1-3H3. The van der Waals surface area contributed by atoms with Crippen molar-refractivity contribution in [3.8, 4) is 5.75 Å². The molecule has 1 aromatic carbocycles. The molecule has 0 aliphatic carbocycles. The van der Waals surface area contributed by atoms with Crippen LogP contribution in [-0.4, -0.2) is 17.3 Å². The molecule has 5 nitrogen and oxygen atoms in total. The van der Waals surface area contributed by atoms with Crippen molar-refractivity contribution in [2.45, 2.75) is 26.3 Å². The van der Waals surface area contributed by atoms with Crippen molar-refractivity contribution in [3.05, 3.63) is 52.6 Å². The molecule has 0 aliphatic heterocycles. The molecule has 0 radical (unpaired) electrons. The van der Waals surface area contributed by atoms with Crippen LogP contribution in [-0.2, 0) is 6.42 Å². The van der Waals surface area contributed by atoms with Crippen molar-refractivity contribution in [2.75, 3.05) is 7.11 Å². The molecule has 112 valence electrons. The van der Waals surface area contributed by atoms with Gasteiger partial charge in [0.2, 0.25) is 0 Å². The highest BCUT2D eigenvalue weighted by molar-refractivity contribution is 5.32. The summed E-state index contributed by atoms with van der Waals surface area (Å²) in [5, 5.41) is 8.10. The van der Waals surface area contributed by atoms with Crippen molar-refractivity contribution in [1.82, 2.24) is 15.6 Å². The smallest absolute Gasteiger partial charge is 0.165 e. The van der Waals surface area contributed by atoms with Gasteiger partial charge >= 0.3 is 0 Å². The zero-order chi connectivity index (χ0) is 15.4. The number of nitrogens with zero attached hydrogens (tertiary/aromatic N) is 2. The molecule has 21 heavy (non-hydrogen) atoms. The van der Waals surface area contributed by atoms with E-state index in [0.717, 1.165) is 22.5 Å². The summed E-state index contributed by atoms with van der Waals surface area (Å²) in [4.78, 5) is 0. The summed E-state index contributed by atoms with van der Waals surface area (Å²) < 4.78 is 18.7. The second kappa shape index (κ2) is 6.60. The molecule has 0 fully saturated rings. The number of hydrogen-bond acceptors (Lipinski definition) is 5. The summed E-state index contributed by atoms with van der Waals surface area (Å²) in [7, 11) is 1.44. The molecule has 1 unspecified atom stereocenters. The predicted molar refractivity (Wildman–Crippen MR) is 78.2 cm³/mol. The summed E-state index contributed by atoms with van der Waals surface area (Å²) in [5.74, 6) is 5.50. The highest BCUT2D eigenvalue weighted by Gasteiger charge is 2.16. The number of aryl methyl sites for hydroxylation is 2. The average Bonchev–Trinajstić information content (AvgIpc) is 2.47. The maximum Gasteiger partial charge on any atom is 0.165 e. The van der Waals surface area contributed by atoms with Crippen molar-refractivity contribution in [2.24, 2.45) is 5.84 Å². The average molecular weight is 290 g/mol. The minimum absolute atomic E-state index is 0.160. The van der Waals surface area contributed by atoms with Crippen molar-refractivity contribution >= 4 is 0 Å². The first-order valence-corrected chi connectivity index (χ1v) is 6.64. The molecule has 0 saturated heterocycles. The first-order chi connectivity index (χ1) is 10.0. The Morgan fingerprint density at radius 1 is 1.29 bits per heavy atom. The Kier molecular flexibility index (Phi) is 4.82. The summed E-state index contributed by atoms with van der Waals surface area (Å²) in [6.45, 7) is 3.75. The normalized spacial score (nSPS) is 12.2. The number of methoxy groups -OCH3 is 1. The molecule has 1 atom stereocenters. The Morgan fingerprint density at radius 3 is 2.67 bits per heavy atom. The van der Waals surface area contributed by atoms with Gasteiger partial charge in [-0.1, -0.05) is 6.07 Å². The number of ether oxygens (including phenoxy) is 1. The summed E-state index contributed by atoms with van der Waals surface area (Å²) >= 11 is 0. The largest absolute Gasteiger partial charge is 0.494 e. The fourth-order valence-electron chi connectivity index (χ4n) is 2.25. The topological polar surface area (TPSA) is 73.1 Å². The van der Waals surface area contributed by atoms with Gasteiger partial charge in [0.25, 0.3) is 0 Å². The maximum atomic E-state index is 13.8. The van der Waals surface area contributed by atoms with Crippen LogP contribution in [0.5, 0.6) is 5.75 Å². The zero-order valence-corrected chi connectivity index (χ0v) is 12.4. The maximum absolute atomic E-state index is 13.8. The van der Waals surface area contributed by atoms with Gasteiger partial charge in [-0.2, -0.15) is 10.2 Å². The minimum Gasteiger partial charge on any atom is -0.494 e. The third-order valence-corrected chi connectivity index (χ3v) is 3.37. The van der Waals surface area contributed by atoms with E-state index in [1.807, 2.05) is 26.0 Å². The first kappa shape index (κ1) is 15.3. The number of hydrogen-bond donors (Lipinski definition) is 2. The predicted octanol–water partition coefficient (Wildman–Crippen LogP) is 1.99. The molecule has 0 saturated carbocycles. The van der Waals surface area contributed by atoms with Gasteiger partial charge in [-0.3, -0.25) is 11.3 Å². The second-order valence-corrected chi connectivity index (χ2v) is 4.92. The Labute approximate surface area is 123 Å². The van der Waals surface area contributed by atoms with Crippen LogP contribution >= 0.6 is 0 Å². The summed E-state index contributed by atoms with van der Waals surface area (Å²) in [6.07, 6.45) is 0.545. The number of nitrogens with one attached hydrogen (secondary N) is 1. The first-order valence-electron chi connectivity index (χ1n) is 6.64. The summed E-state index contributed by atoms with van der Waals surface area (Å²) in [5.41, 5.74) is 6.16. The van der Waals surface area contributed by atoms with Crippen LogP contribution in [0.15, 0.2) is 24.3 Å². The van der Waals surface area contributed by atoms with E-state index in [-0.39, 0.29) is 17.6 Å². The van der Waals surface area contributed by atoms with Gasteiger partial charge in [0.05, 0.1) is 24.5 Å². The van der Waals surface area contributed by atoms with Gasteiger partial charge in [0.1, 0.15) is 0 Å². The van der Waals surface area contributed by atoms with Crippen molar-refractivity contribution in [1.29, 1.82) is 0 Å². The number of aromatic nitrogens is 2. The molecule has 0 aliphatic rings. The summed E-state index contributed by atoms with van der Waals surface area (Å²) in [6, 6.07) is 6.67. The number of benzene rings is 1. The van der Waals surface area contributed by atoms with E-state index in [0.29, 0.717) is 6.42 Å². The second-order valence-electron chi connectivity index (χ2n) is 4.92. The fourth-order valence-corrected chi connectivity index (χ4v) is 2.25. The molecule has 1 aromatic heterocycles. The van der Waals surface area contributed by atoms with Crippen LogP contribution < -0.4 is 16.0 Å². The Hall–Kier alpha value is -2.05. The van der Waals surface area contributed by atoms with Crippen LogP contribution in [0.4, 0.5) is 4.39 Å². The zero-order valence-electron chi connectivity index (χ0n) is 12.4. The highest BCUT2D eigenvalue weighted by atomic mass is 19.1. The van der Waals surface area contributed by atoms with E-state index < -0.39 is 0 Å². The van der Waals surface area contributed by atoms with Gasteiger partial charge in [-0.25, -0.2) is 4.39 Å².